The third-order valence-corrected chi connectivity index (χ3v) is 4.10. The lowest BCUT2D eigenvalue weighted by molar-refractivity contribution is -0.126. The van der Waals surface area contributed by atoms with Gasteiger partial charge in [-0.1, -0.05) is 18.2 Å². The Hall–Kier alpha value is -2.83. The first kappa shape index (κ1) is 17.0. The first-order valence-electron chi connectivity index (χ1n) is 7.90. The van der Waals surface area contributed by atoms with Gasteiger partial charge in [-0.05, 0) is 24.3 Å². The van der Waals surface area contributed by atoms with Gasteiger partial charge in [0.05, 0.1) is 18.2 Å². The van der Waals surface area contributed by atoms with Gasteiger partial charge in [-0.25, -0.2) is 8.78 Å². The second kappa shape index (κ2) is 7.38. The minimum Gasteiger partial charge on any atom is -0.350 e. The number of carbonyl (C=O) groups is 2. The molecule has 1 aromatic heterocycles. The summed E-state index contributed by atoms with van der Waals surface area (Å²) in [5, 5.41) is 2.76. The Kier molecular flexibility index (Phi) is 5.02. The van der Waals surface area contributed by atoms with Crippen LogP contribution in [-0.2, 0) is 16.1 Å². The molecule has 1 atom stereocenters. The molecule has 1 unspecified atom stereocenters. The number of anilines is 1. The maximum Gasteiger partial charge on any atom is 0.263 e. The SMILES string of the molecule is O=C(NCc1ccccn1)C1CC(=O)N(c2cccc(C(F)F)c2)C1. The molecule has 2 amide bonds. The van der Waals surface area contributed by atoms with Gasteiger partial charge in [-0.15, -0.1) is 0 Å². The number of nitrogens with one attached hydrogen (secondary N) is 1. The van der Waals surface area contributed by atoms with Crippen molar-refractivity contribution in [1.82, 2.24) is 10.3 Å². The van der Waals surface area contributed by atoms with Gasteiger partial charge >= 0.3 is 0 Å². The van der Waals surface area contributed by atoms with E-state index in [0.717, 1.165) is 5.69 Å². The molecule has 2 aromatic rings. The molecule has 0 bridgehead atoms. The predicted molar refractivity (Wildman–Crippen MR) is 87.9 cm³/mol. The van der Waals surface area contributed by atoms with Crippen LogP contribution in [0.15, 0.2) is 48.7 Å². The fourth-order valence-electron chi connectivity index (χ4n) is 2.79. The van der Waals surface area contributed by atoms with Gasteiger partial charge in [0, 0.05) is 30.4 Å². The molecule has 1 fully saturated rings. The minimum absolute atomic E-state index is 0.0625. The van der Waals surface area contributed by atoms with E-state index in [4.69, 9.17) is 0 Å². The lowest BCUT2D eigenvalue weighted by atomic mass is 10.1. The van der Waals surface area contributed by atoms with Crippen LogP contribution >= 0.6 is 0 Å². The van der Waals surface area contributed by atoms with Crippen LogP contribution in [0.4, 0.5) is 14.5 Å². The molecule has 2 heterocycles. The minimum atomic E-state index is -2.60. The number of nitrogens with zero attached hydrogens (tertiary/aromatic N) is 2. The summed E-state index contributed by atoms with van der Waals surface area (Å²) in [6.07, 6.45) is -0.902. The molecule has 0 aliphatic carbocycles. The van der Waals surface area contributed by atoms with Crippen LogP contribution in [0, 0.1) is 5.92 Å². The summed E-state index contributed by atoms with van der Waals surface area (Å²) in [4.78, 5) is 30.0. The monoisotopic (exact) mass is 345 g/mol. The summed E-state index contributed by atoms with van der Waals surface area (Å²) in [6, 6.07) is 11.1. The highest BCUT2D eigenvalue weighted by Crippen LogP contribution is 2.28. The molecule has 0 saturated carbocycles. The van der Waals surface area contributed by atoms with E-state index in [1.54, 1.807) is 24.4 Å². The van der Waals surface area contributed by atoms with Gasteiger partial charge < -0.3 is 10.2 Å². The standard InChI is InChI=1S/C18H17F2N3O2/c19-17(20)12-4-3-6-15(8-12)23-11-13(9-16(23)24)18(25)22-10-14-5-1-2-7-21-14/h1-8,13,17H,9-11H2,(H,22,25). The van der Waals surface area contributed by atoms with Crippen molar-refractivity contribution in [3.8, 4) is 0 Å². The third kappa shape index (κ3) is 3.99. The summed E-state index contributed by atoms with van der Waals surface area (Å²) in [7, 11) is 0. The van der Waals surface area contributed by atoms with E-state index in [2.05, 4.69) is 10.3 Å². The summed E-state index contributed by atoms with van der Waals surface area (Å²) >= 11 is 0. The maximum atomic E-state index is 12.8. The van der Waals surface area contributed by atoms with Crippen LogP contribution in [0.5, 0.6) is 0 Å². The lowest BCUT2D eigenvalue weighted by Gasteiger charge is -2.17. The average Bonchev–Trinajstić information content (AvgIpc) is 3.02. The number of benzene rings is 1. The normalized spacial score (nSPS) is 17.2. The molecule has 1 aromatic carbocycles. The number of hydrogen-bond donors (Lipinski definition) is 1. The quantitative estimate of drug-likeness (QED) is 0.906. The Morgan fingerprint density at radius 1 is 1.28 bits per heavy atom. The summed E-state index contributed by atoms with van der Waals surface area (Å²) in [5.74, 6) is -0.998. The van der Waals surface area contributed by atoms with Gasteiger partial charge in [0.25, 0.3) is 6.43 Å². The molecule has 7 heteroatoms. The number of pyridine rings is 1. The first-order valence-corrected chi connectivity index (χ1v) is 7.90. The third-order valence-electron chi connectivity index (χ3n) is 4.10. The fourth-order valence-corrected chi connectivity index (χ4v) is 2.79. The number of halogens is 2. The topological polar surface area (TPSA) is 62.3 Å². The Morgan fingerprint density at radius 2 is 2.12 bits per heavy atom. The van der Waals surface area contributed by atoms with Crippen LogP contribution in [0.1, 0.15) is 24.1 Å². The van der Waals surface area contributed by atoms with E-state index < -0.39 is 12.3 Å². The maximum absolute atomic E-state index is 12.8. The number of aromatic nitrogens is 1. The molecule has 25 heavy (non-hydrogen) atoms. The van der Waals surface area contributed by atoms with Crippen molar-refractivity contribution in [3.63, 3.8) is 0 Å². The molecule has 1 aliphatic heterocycles. The van der Waals surface area contributed by atoms with E-state index in [1.807, 2.05) is 6.07 Å². The number of alkyl halides is 2. The van der Waals surface area contributed by atoms with Gasteiger partial charge in [0.1, 0.15) is 0 Å². The molecule has 130 valence electrons. The summed E-state index contributed by atoms with van der Waals surface area (Å²) < 4.78 is 25.6. The van der Waals surface area contributed by atoms with Crippen LogP contribution in [0.2, 0.25) is 0 Å². The lowest BCUT2D eigenvalue weighted by Crippen LogP contribution is -2.32. The van der Waals surface area contributed by atoms with Crippen molar-refractivity contribution in [2.24, 2.45) is 5.92 Å². The highest BCUT2D eigenvalue weighted by Gasteiger charge is 2.35. The van der Waals surface area contributed by atoms with Gasteiger partial charge in [-0.3, -0.25) is 14.6 Å². The highest BCUT2D eigenvalue weighted by atomic mass is 19.3. The average molecular weight is 345 g/mol. The summed E-state index contributed by atoms with van der Waals surface area (Å²) in [5.41, 5.74) is 0.970. The second-order valence-corrected chi connectivity index (χ2v) is 5.84. The zero-order valence-electron chi connectivity index (χ0n) is 13.4. The largest absolute Gasteiger partial charge is 0.350 e. The molecular formula is C18H17F2N3O2. The number of carbonyl (C=O) groups excluding carboxylic acids is 2. The van der Waals surface area contributed by atoms with Gasteiger partial charge in [-0.2, -0.15) is 0 Å². The highest BCUT2D eigenvalue weighted by molar-refractivity contribution is 6.00. The first-order chi connectivity index (χ1) is 12.0. The molecule has 5 nitrogen and oxygen atoms in total. The molecule has 1 N–H and O–H groups in total. The fraction of sp³-hybridized carbons (Fsp3) is 0.278. The van der Waals surface area contributed by atoms with Crippen molar-refractivity contribution in [2.75, 3.05) is 11.4 Å². The van der Waals surface area contributed by atoms with E-state index in [-0.39, 0.29) is 36.9 Å². The molecule has 1 aliphatic rings. The molecule has 0 spiro atoms. The van der Waals surface area contributed by atoms with Crippen molar-refractivity contribution < 1.29 is 18.4 Å². The smallest absolute Gasteiger partial charge is 0.263 e. The van der Waals surface area contributed by atoms with Crippen molar-refractivity contribution in [1.29, 1.82) is 0 Å². The Balaban J connectivity index is 1.64. The number of rotatable bonds is 5. The van der Waals surface area contributed by atoms with E-state index >= 15 is 0 Å². The van der Waals surface area contributed by atoms with E-state index in [0.29, 0.717) is 5.69 Å². The van der Waals surface area contributed by atoms with Gasteiger partial charge in [0.15, 0.2) is 0 Å². The van der Waals surface area contributed by atoms with Crippen molar-refractivity contribution >= 4 is 17.5 Å². The van der Waals surface area contributed by atoms with Crippen LogP contribution in [0.25, 0.3) is 0 Å². The van der Waals surface area contributed by atoms with Crippen molar-refractivity contribution in [2.45, 2.75) is 19.4 Å². The Labute approximate surface area is 143 Å². The summed E-state index contributed by atoms with van der Waals surface area (Å²) in [6.45, 7) is 0.463. The second-order valence-electron chi connectivity index (χ2n) is 5.84. The van der Waals surface area contributed by atoms with E-state index in [1.165, 1.54) is 23.1 Å². The number of amides is 2. The Morgan fingerprint density at radius 3 is 2.84 bits per heavy atom. The molecule has 1 saturated heterocycles. The molecule has 0 radical (unpaired) electrons. The van der Waals surface area contributed by atoms with Crippen LogP contribution in [0.3, 0.4) is 0 Å². The van der Waals surface area contributed by atoms with Crippen LogP contribution in [-0.4, -0.2) is 23.3 Å². The van der Waals surface area contributed by atoms with Crippen LogP contribution < -0.4 is 10.2 Å². The van der Waals surface area contributed by atoms with Gasteiger partial charge in [0.2, 0.25) is 11.8 Å². The van der Waals surface area contributed by atoms with Crippen molar-refractivity contribution in [3.05, 3.63) is 59.9 Å². The Bertz CT molecular complexity index is 768. The zero-order valence-corrected chi connectivity index (χ0v) is 13.4. The van der Waals surface area contributed by atoms with E-state index in [9.17, 15) is 18.4 Å². The molecular weight excluding hydrogens is 328 g/mol. The predicted octanol–water partition coefficient (Wildman–Crippen LogP) is 2.69. The molecule has 3 rings (SSSR count). The zero-order chi connectivity index (χ0) is 17.8. The number of hydrogen-bond acceptors (Lipinski definition) is 3.